The molecule has 0 radical (unpaired) electrons. The van der Waals surface area contributed by atoms with Crippen LogP contribution in [0.25, 0.3) is 0 Å². The summed E-state index contributed by atoms with van der Waals surface area (Å²) in [4.78, 5) is 14.2. The molecule has 1 aromatic rings. The van der Waals surface area contributed by atoms with Crippen LogP contribution >= 0.6 is 0 Å². The number of rotatable bonds is 7. The monoisotopic (exact) mass is 403 g/mol. The van der Waals surface area contributed by atoms with Gasteiger partial charge in [-0.25, -0.2) is 9.97 Å². The van der Waals surface area contributed by atoms with E-state index in [1.54, 1.807) is 0 Å². The first-order chi connectivity index (χ1) is 13.6. The van der Waals surface area contributed by atoms with Crippen LogP contribution in [0.15, 0.2) is 12.4 Å². The first kappa shape index (κ1) is 22.5. The summed E-state index contributed by atoms with van der Waals surface area (Å²) in [6, 6.07) is 0.336. The highest BCUT2D eigenvalue weighted by Gasteiger charge is 2.52. The number of hydrogen-bond acceptors (Lipinski definition) is 7. The lowest BCUT2D eigenvalue weighted by Crippen LogP contribution is -2.45. The highest BCUT2D eigenvalue weighted by molar-refractivity contribution is 6.61. The molecule has 3 heterocycles. The lowest BCUT2D eigenvalue weighted by molar-refractivity contribution is 0.00578. The molecular formula is C21H38BN5O2. The summed E-state index contributed by atoms with van der Waals surface area (Å²) in [7, 11) is -0.426. The zero-order chi connectivity index (χ0) is 21.2. The van der Waals surface area contributed by atoms with Gasteiger partial charge in [-0.2, -0.15) is 0 Å². The van der Waals surface area contributed by atoms with E-state index in [0.29, 0.717) is 12.0 Å². The highest BCUT2D eigenvalue weighted by atomic mass is 16.7. The van der Waals surface area contributed by atoms with Crippen molar-refractivity contribution in [2.45, 2.75) is 71.6 Å². The zero-order valence-electron chi connectivity index (χ0n) is 19.0. The van der Waals surface area contributed by atoms with Gasteiger partial charge in [0.05, 0.1) is 11.2 Å². The lowest BCUT2D eigenvalue weighted by Gasteiger charge is -2.37. The van der Waals surface area contributed by atoms with Crippen LogP contribution in [0.2, 0.25) is 0 Å². The van der Waals surface area contributed by atoms with Crippen LogP contribution in [0.5, 0.6) is 0 Å². The van der Waals surface area contributed by atoms with E-state index in [1.807, 2.05) is 12.4 Å². The van der Waals surface area contributed by atoms with Gasteiger partial charge in [0.15, 0.2) is 0 Å². The fraction of sp³-hybridized carbons (Fsp3) is 0.810. The van der Waals surface area contributed by atoms with Gasteiger partial charge in [-0.05, 0) is 66.8 Å². The first-order valence-electron chi connectivity index (χ1n) is 11.0. The van der Waals surface area contributed by atoms with Crippen molar-refractivity contribution in [3.05, 3.63) is 12.4 Å². The van der Waals surface area contributed by atoms with E-state index in [2.05, 4.69) is 61.3 Å². The smallest absolute Gasteiger partial charge is 0.399 e. The molecule has 1 atom stereocenters. The Morgan fingerprint density at radius 2 is 1.83 bits per heavy atom. The second-order valence-corrected chi connectivity index (χ2v) is 9.75. The standard InChI is InChI=1S/C21H38BN5O2/c1-16(2)27(15-17-8-7-10-26(14-17)11-9-23)19-24-12-18(13-25-19)22-28-20(3,4)21(5,6)29-22/h12-13,16-17H,7-11,14-15,23H2,1-6H3. The van der Waals surface area contributed by atoms with Gasteiger partial charge in [-0.15, -0.1) is 0 Å². The number of likely N-dealkylation sites (tertiary alicyclic amines) is 1. The number of hydrogen-bond donors (Lipinski definition) is 1. The first-order valence-corrected chi connectivity index (χ1v) is 11.0. The lowest BCUT2D eigenvalue weighted by atomic mass is 9.81. The van der Waals surface area contributed by atoms with Gasteiger partial charge >= 0.3 is 7.12 Å². The molecule has 2 aliphatic rings. The third-order valence-corrected chi connectivity index (χ3v) is 6.57. The Kier molecular flexibility index (Phi) is 6.88. The van der Waals surface area contributed by atoms with E-state index in [1.165, 1.54) is 12.8 Å². The van der Waals surface area contributed by atoms with E-state index < -0.39 is 7.12 Å². The van der Waals surface area contributed by atoms with Crippen LogP contribution in [0.1, 0.15) is 54.4 Å². The van der Waals surface area contributed by atoms with Gasteiger partial charge < -0.3 is 24.8 Å². The zero-order valence-corrected chi connectivity index (χ0v) is 19.0. The quantitative estimate of drug-likeness (QED) is 0.694. The van der Waals surface area contributed by atoms with Crippen LogP contribution < -0.4 is 16.1 Å². The number of nitrogens with two attached hydrogens (primary N) is 1. The van der Waals surface area contributed by atoms with Crippen molar-refractivity contribution in [3.8, 4) is 0 Å². The van der Waals surface area contributed by atoms with E-state index in [9.17, 15) is 0 Å². The molecule has 0 aliphatic carbocycles. The summed E-state index contributed by atoms with van der Waals surface area (Å²) in [6.45, 7) is 17.6. The summed E-state index contributed by atoms with van der Waals surface area (Å²) < 4.78 is 12.2. The second kappa shape index (κ2) is 8.88. The Labute approximate surface area is 176 Å². The molecule has 1 unspecified atom stereocenters. The predicted octanol–water partition coefficient (Wildman–Crippen LogP) is 1.66. The highest BCUT2D eigenvalue weighted by Crippen LogP contribution is 2.36. The third-order valence-electron chi connectivity index (χ3n) is 6.57. The maximum Gasteiger partial charge on any atom is 0.498 e. The SMILES string of the molecule is CC(C)N(CC1CCCN(CCN)C1)c1ncc(B2OC(C)(C)C(C)(C)O2)cn1. The largest absolute Gasteiger partial charge is 0.498 e. The fourth-order valence-electron chi connectivity index (χ4n) is 4.07. The van der Waals surface area contributed by atoms with Crippen molar-refractivity contribution in [2.75, 3.05) is 37.6 Å². The molecule has 162 valence electrons. The van der Waals surface area contributed by atoms with E-state index >= 15 is 0 Å². The van der Waals surface area contributed by atoms with Crippen molar-refractivity contribution in [1.82, 2.24) is 14.9 Å². The number of nitrogens with zero attached hydrogens (tertiary/aromatic N) is 4. The van der Waals surface area contributed by atoms with Gasteiger partial charge in [-0.1, -0.05) is 0 Å². The molecule has 0 spiro atoms. The van der Waals surface area contributed by atoms with Gasteiger partial charge in [-0.3, -0.25) is 0 Å². The van der Waals surface area contributed by atoms with Crippen molar-refractivity contribution in [2.24, 2.45) is 11.7 Å². The molecule has 0 bridgehead atoms. The van der Waals surface area contributed by atoms with E-state index in [4.69, 9.17) is 15.0 Å². The molecule has 2 fully saturated rings. The van der Waals surface area contributed by atoms with Crippen molar-refractivity contribution in [1.29, 1.82) is 0 Å². The minimum absolute atomic E-state index is 0.336. The summed E-state index contributed by atoms with van der Waals surface area (Å²) in [5, 5.41) is 0. The van der Waals surface area contributed by atoms with Gasteiger partial charge in [0.2, 0.25) is 5.95 Å². The van der Waals surface area contributed by atoms with E-state index in [0.717, 1.165) is 44.1 Å². The summed E-state index contributed by atoms with van der Waals surface area (Å²) in [5.74, 6) is 1.39. The summed E-state index contributed by atoms with van der Waals surface area (Å²) in [5.41, 5.74) is 5.89. The molecule has 29 heavy (non-hydrogen) atoms. The fourth-order valence-corrected chi connectivity index (χ4v) is 4.07. The van der Waals surface area contributed by atoms with Crippen molar-refractivity contribution < 1.29 is 9.31 Å². The Morgan fingerprint density at radius 1 is 1.21 bits per heavy atom. The second-order valence-electron chi connectivity index (χ2n) is 9.75. The normalized spacial score (nSPS) is 24.3. The van der Waals surface area contributed by atoms with Crippen LogP contribution in [0.3, 0.4) is 0 Å². The molecule has 8 heteroatoms. The van der Waals surface area contributed by atoms with Crippen molar-refractivity contribution >= 4 is 18.5 Å². The summed E-state index contributed by atoms with van der Waals surface area (Å²) in [6.07, 6.45) is 6.18. The molecule has 2 saturated heterocycles. The van der Waals surface area contributed by atoms with Gasteiger partial charge in [0.25, 0.3) is 0 Å². The predicted molar refractivity (Wildman–Crippen MR) is 118 cm³/mol. The molecule has 2 aliphatic heterocycles. The minimum Gasteiger partial charge on any atom is -0.399 e. The Balaban J connectivity index is 1.68. The Morgan fingerprint density at radius 3 is 2.38 bits per heavy atom. The molecule has 0 amide bonds. The molecule has 1 aromatic heterocycles. The van der Waals surface area contributed by atoms with Crippen LogP contribution in [0, 0.1) is 5.92 Å². The molecule has 7 nitrogen and oxygen atoms in total. The third kappa shape index (κ3) is 5.10. The van der Waals surface area contributed by atoms with Crippen LogP contribution in [0.4, 0.5) is 5.95 Å². The Hall–Kier alpha value is -1.22. The van der Waals surface area contributed by atoms with Gasteiger partial charge in [0.1, 0.15) is 0 Å². The maximum atomic E-state index is 6.12. The molecule has 3 rings (SSSR count). The minimum atomic E-state index is -0.426. The van der Waals surface area contributed by atoms with Gasteiger partial charge in [0, 0.05) is 50.1 Å². The Bertz CT molecular complexity index is 650. The average molecular weight is 403 g/mol. The topological polar surface area (TPSA) is 76.7 Å². The van der Waals surface area contributed by atoms with Crippen LogP contribution in [-0.4, -0.2) is 72.0 Å². The van der Waals surface area contributed by atoms with Crippen LogP contribution in [-0.2, 0) is 9.31 Å². The number of aromatic nitrogens is 2. The molecular weight excluding hydrogens is 365 g/mol. The number of anilines is 1. The molecule has 2 N–H and O–H groups in total. The van der Waals surface area contributed by atoms with Crippen molar-refractivity contribution in [3.63, 3.8) is 0 Å². The average Bonchev–Trinajstić information content (AvgIpc) is 2.88. The van der Waals surface area contributed by atoms with E-state index in [-0.39, 0.29) is 11.2 Å². The molecule has 0 saturated carbocycles. The maximum absolute atomic E-state index is 6.12. The number of piperidine rings is 1. The summed E-state index contributed by atoms with van der Waals surface area (Å²) >= 11 is 0. The molecule has 0 aromatic carbocycles.